The average molecular weight is 222 g/mol. The Morgan fingerprint density at radius 1 is 1.07 bits per heavy atom. The molecule has 0 heterocycles. The van der Waals surface area contributed by atoms with Gasteiger partial charge in [-0.05, 0) is 6.42 Å². The van der Waals surface area contributed by atoms with Gasteiger partial charge < -0.3 is 5.11 Å². The molecule has 0 aliphatic heterocycles. The van der Waals surface area contributed by atoms with Crippen molar-refractivity contribution < 1.29 is 31.4 Å². The summed E-state index contributed by atoms with van der Waals surface area (Å²) in [7, 11) is 0. The monoisotopic (exact) mass is 222 g/mol. The molecule has 0 amide bonds. The van der Waals surface area contributed by atoms with E-state index in [1.807, 2.05) is 0 Å². The van der Waals surface area contributed by atoms with Gasteiger partial charge in [0.2, 0.25) is 5.41 Å². The summed E-state index contributed by atoms with van der Waals surface area (Å²) >= 11 is 0. The van der Waals surface area contributed by atoms with Crippen molar-refractivity contribution >= 4 is 0 Å². The first-order valence-electron chi connectivity index (χ1n) is 3.52. The lowest BCUT2D eigenvalue weighted by Crippen LogP contribution is -2.50. The molecule has 0 unspecified atom stereocenters. The normalized spacial score (nSPS) is 14.2. The van der Waals surface area contributed by atoms with Crippen molar-refractivity contribution in [3.05, 3.63) is 12.3 Å². The Morgan fingerprint density at radius 3 is 1.36 bits per heavy atom. The molecule has 0 fully saturated rings. The fourth-order valence-corrected chi connectivity index (χ4v) is 1.09. The first kappa shape index (κ1) is 13.1. The van der Waals surface area contributed by atoms with Crippen LogP contribution < -0.4 is 0 Å². The molecule has 0 saturated carbocycles. The minimum Gasteiger partial charge on any atom is -0.512 e. The second kappa shape index (κ2) is 3.36. The van der Waals surface area contributed by atoms with Crippen LogP contribution >= 0.6 is 0 Å². The van der Waals surface area contributed by atoms with Crippen LogP contribution in [0.3, 0.4) is 0 Å². The summed E-state index contributed by atoms with van der Waals surface area (Å²) in [6.07, 6.45) is -12.5. The third kappa shape index (κ3) is 1.67. The molecule has 0 aliphatic carbocycles. The summed E-state index contributed by atoms with van der Waals surface area (Å²) in [6.45, 7) is 3.03. The summed E-state index contributed by atoms with van der Waals surface area (Å²) in [4.78, 5) is 0. The number of halogens is 6. The van der Waals surface area contributed by atoms with Crippen LogP contribution in [0.2, 0.25) is 0 Å². The van der Waals surface area contributed by atoms with E-state index in [2.05, 4.69) is 6.58 Å². The topological polar surface area (TPSA) is 20.2 Å². The van der Waals surface area contributed by atoms with E-state index in [4.69, 9.17) is 5.11 Å². The van der Waals surface area contributed by atoms with E-state index < -0.39 is 29.9 Å². The molecule has 7 heteroatoms. The molecule has 0 rings (SSSR count). The predicted molar refractivity (Wildman–Crippen MR) is 36.6 cm³/mol. The molecule has 0 aromatic carbocycles. The van der Waals surface area contributed by atoms with Crippen LogP contribution in [0.1, 0.15) is 13.3 Å². The minimum atomic E-state index is -5.61. The smallest absolute Gasteiger partial charge is 0.410 e. The lowest BCUT2D eigenvalue weighted by Gasteiger charge is -2.35. The molecule has 14 heavy (non-hydrogen) atoms. The van der Waals surface area contributed by atoms with E-state index in [0.717, 1.165) is 0 Å². The zero-order valence-corrected chi connectivity index (χ0v) is 7.13. The summed E-state index contributed by atoms with van der Waals surface area (Å²) in [5.74, 6) is -1.93. The fourth-order valence-electron chi connectivity index (χ4n) is 1.09. The first-order valence-corrected chi connectivity index (χ1v) is 3.52. The van der Waals surface area contributed by atoms with Crippen molar-refractivity contribution in [2.24, 2.45) is 5.41 Å². The van der Waals surface area contributed by atoms with Crippen LogP contribution in [0, 0.1) is 5.41 Å². The molecule has 1 N–H and O–H groups in total. The number of allylic oxidation sites excluding steroid dienone is 1. The number of aliphatic hydroxyl groups is 1. The Hall–Kier alpha value is -0.880. The van der Waals surface area contributed by atoms with Gasteiger partial charge in [0.1, 0.15) is 5.76 Å². The molecule has 1 nitrogen and oxygen atoms in total. The Bertz CT molecular complexity index is 211. The maximum Gasteiger partial charge on any atom is 0.410 e. The van der Waals surface area contributed by atoms with Crippen LogP contribution in [0.5, 0.6) is 0 Å². The number of rotatable bonds is 2. The highest BCUT2D eigenvalue weighted by Crippen LogP contribution is 2.55. The maximum absolute atomic E-state index is 12.2. The van der Waals surface area contributed by atoms with Crippen LogP contribution in [0.15, 0.2) is 12.3 Å². The summed E-state index contributed by atoms with van der Waals surface area (Å²) in [6, 6.07) is 0. The van der Waals surface area contributed by atoms with Gasteiger partial charge in [-0.15, -0.1) is 0 Å². The third-order valence-corrected chi connectivity index (χ3v) is 1.99. The van der Waals surface area contributed by atoms with Crippen molar-refractivity contribution in [1.82, 2.24) is 0 Å². The zero-order chi connectivity index (χ0) is 11.8. The largest absolute Gasteiger partial charge is 0.512 e. The van der Waals surface area contributed by atoms with Crippen molar-refractivity contribution in [3.8, 4) is 0 Å². The van der Waals surface area contributed by atoms with E-state index in [0.29, 0.717) is 6.92 Å². The molecular formula is C7H8F6O. The third-order valence-electron chi connectivity index (χ3n) is 1.99. The van der Waals surface area contributed by atoms with Gasteiger partial charge in [-0.1, -0.05) is 13.5 Å². The molecule has 0 bridgehead atoms. The van der Waals surface area contributed by atoms with E-state index in [1.54, 1.807) is 0 Å². The Morgan fingerprint density at radius 2 is 1.36 bits per heavy atom. The Kier molecular flexibility index (Phi) is 3.15. The molecular weight excluding hydrogens is 214 g/mol. The van der Waals surface area contributed by atoms with Gasteiger partial charge in [-0.25, -0.2) is 0 Å². The van der Waals surface area contributed by atoms with E-state index in [1.165, 1.54) is 0 Å². The molecule has 0 aliphatic rings. The van der Waals surface area contributed by atoms with E-state index >= 15 is 0 Å². The van der Waals surface area contributed by atoms with Crippen LogP contribution in [0.4, 0.5) is 26.3 Å². The molecule has 0 aromatic rings. The zero-order valence-electron chi connectivity index (χ0n) is 7.13. The molecule has 0 aromatic heterocycles. The van der Waals surface area contributed by atoms with E-state index in [9.17, 15) is 26.3 Å². The Labute approximate surface area is 76.0 Å². The standard InChI is InChI=1S/C7H8F6O/c1-3-5(4(2)14,6(8,9)10)7(11,12)13/h14H,2-3H2,1H3. The van der Waals surface area contributed by atoms with Crippen LogP contribution in [-0.4, -0.2) is 17.5 Å². The number of hydrogen-bond acceptors (Lipinski definition) is 1. The minimum absolute atomic E-state index is 0.683. The number of alkyl halides is 6. The van der Waals surface area contributed by atoms with Gasteiger partial charge in [0, 0.05) is 0 Å². The van der Waals surface area contributed by atoms with Crippen LogP contribution in [-0.2, 0) is 0 Å². The number of aliphatic hydroxyl groups excluding tert-OH is 1. The molecule has 0 atom stereocenters. The van der Waals surface area contributed by atoms with Crippen molar-refractivity contribution in [3.63, 3.8) is 0 Å². The lowest BCUT2D eigenvalue weighted by atomic mass is 9.82. The highest BCUT2D eigenvalue weighted by molar-refractivity contribution is 5.10. The second-order valence-electron chi connectivity index (χ2n) is 2.70. The SMILES string of the molecule is C=C(O)C(CC)(C(F)(F)F)C(F)(F)F. The second-order valence-corrected chi connectivity index (χ2v) is 2.70. The quantitative estimate of drug-likeness (QED) is 0.559. The van der Waals surface area contributed by atoms with Gasteiger partial charge in [-0.3, -0.25) is 0 Å². The molecule has 0 spiro atoms. The summed E-state index contributed by atoms with van der Waals surface area (Å²) in [5, 5.41) is 8.50. The number of hydrogen-bond donors (Lipinski definition) is 1. The lowest BCUT2D eigenvalue weighted by molar-refractivity contribution is -0.334. The summed E-state index contributed by atoms with van der Waals surface area (Å²) < 4.78 is 73.1. The van der Waals surface area contributed by atoms with Crippen LogP contribution in [0.25, 0.3) is 0 Å². The molecule has 0 saturated heterocycles. The highest BCUT2D eigenvalue weighted by atomic mass is 19.4. The van der Waals surface area contributed by atoms with E-state index in [-0.39, 0.29) is 0 Å². The van der Waals surface area contributed by atoms with Crippen molar-refractivity contribution in [2.45, 2.75) is 25.7 Å². The summed E-state index contributed by atoms with van der Waals surface area (Å²) in [5.41, 5.74) is -4.22. The van der Waals surface area contributed by atoms with Crippen molar-refractivity contribution in [1.29, 1.82) is 0 Å². The van der Waals surface area contributed by atoms with Gasteiger partial charge in [0.05, 0.1) is 0 Å². The first-order chi connectivity index (χ1) is 6.00. The van der Waals surface area contributed by atoms with Gasteiger partial charge >= 0.3 is 12.4 Å². The maximum atomic E-state index is 12.2. The predicted octanol–water partition coefficient (Wildman–Crippen LogP) is 3.58. The fraction of sp³-hybridized carbons (Fsp3) is 0.714. The molecule has 84 valence electrons. The highest BCUT2D eigenvalue weighted by Gasteiger charge is 2.71. The van der Waals surface area contributed by atoms with Gasteiger partial charge in [0.15, 0.2) is 0 Å². The van der Waals surface area contributed by atoms with Gasteiger partial charge in [-0.2, -0.15) is 26.3 Å². The van der Waals surface area contributed by atoms with Crippen molar-refractivity contribution in [2.75, 3.05) is 0 Å². The average Bonchev–Trinajstić information content (AvgIpc) is 1.80. The molecule has 0 radical (unpaired) electrons. The Balaban J connectivity index is 5.58. The van der Waals surface area contributed by atoms with Gasteiger partial charge in [0.25, 0.3) is 0 Å².